The Labute approximate surface area is 193 Å². The summed E-state index contributed by atoms with van der Waals surface area (Å²) in [6, 6.07) is 11.3. The van der Waals surface area contributed by atoms with Crippen LogP contribution in [-0.4, -0.2) is 51.2 Å². The standard InChI is InChI=1S/C24H29N3O5S/c1-33(29,30)27-15-32-24-9-6-16(12-22(24)27)23(28)14-25-10-11-31-17-7-8-19-18-4-2-3-5-20(18)26-21(19)13-17/h6-9,12-13,23,25-26,28H,2-5,10-11,14-15H2,1H3. The van der Waals surface area contributed by atoms with Crippen molar-refractivity contribution in [2.45, 2.75) is 31.8 Å². The zero-order valence-corrected chi connectivity index (χ0v) is 19.5. The third-order valence-electron chi connectivity index (χ3n) is 6.33. The molecule has 0 bridgehead atoms. The molecule has 0 fully saturated rings. The van der Waals surface area contributed by atoms with E-state index in [1.54, 1.807) is 18.2 Å². The summed E-state index contributed by atoms with van der Waals surface area (Å²) in [5.41, 5.74) is 5.03. The summed E-state index contributed by atoms with van der Waals surface area (Å²) in [6.07, 6.45) is 5.12. The molecule has 3 N–H and O–H groups in total. The number of benzene rings is 2. The number of aromatic nitrogens is 1. The summed E-state index contributed by atoms with van der Waals surface area (Å²) in [5, 5.41) is 15.0. The molecular weight excluding hydrogens is 442 g/mol. The van der Waals surface area contributed by atoms with Crippen molar-refractivity contribution >= 4 is 26.6 Å². The number of aromatic amines is 1. The molecule has 176 valence electrons. The highest BCUT2D eigenvalue weighted by Gasteiger charge is 2.28. The second-order valence-corrected chi connectivity index (χ2v) is 10.6. The normalized spacial score (nSPS) is 16.4. The first-order chi connectivity index (χ1) is 15.9. The van der Waals surface area contributed by atoms with Gasteiger partial charge in [0.15, 0.2) is 6.73 Å². The number of nitrogens with zero attached hydrogens (tertiary/aromatic N) is 1. The smallest absolute Gasteiger partial charge is 0.235 e. The van der Waals surface area contributed by atoms with Gasteiger partial charge in [0.2, 0.25) is 10.0 Å². The number of nitrogens with one attached hydrogen (secondary N) is 2. The fraction of sp³-hybridized carbons (Fsp3) is 0.417. The van der Waals surface area contributed by atoms with Gasteiger partial charge in [-0.15, -0.1) is 0 Å². The Morgan fingerprint density at radius 2 is 2.06 bits per heavy atom. The molecule has 0 spiro atoms. The first kappa shape index (κ1) is 22.1. The lowest BCUT2D eigenvalue weighted by Crippen LogP contribution is -2.29. The molecule has 2 aromatic carbocycles. The first-order valence-electron chi connectivity index (χ1n) is 11.3. The SMILES string of the molecule is CS(=O)(=O)N1COc2ccc(C(O)CNCCOc3ccc4c5c([nH]c4c3)CCCC5)cc21. The predicted octanol–water partition coefficient (Wildman–Crippen LogP) is 2.86. The van der Waals surface area contributed by atoms with Gasteiger partial charge in [0.25, 0.3) is 0 Å². The average Bonchev–Trinajstić information content (AvgIpc) is 3.39. The molecule has 9 heteroatoms. The molecule has 33 heavy (non-hydrogen) atoms. The van der Waals surface area contributed by atoms with Crippen LogP contribution in [0.4, 0.5) is 5.69 Å². The number of hydrogen-bond acceptors (Lipinski definition) is 6. The van der Waals surface area contributed by atoms with Gasteiger partial charge in [-0.05, 0) is 61.1 Å². The van der Waals surface area contributed by atoms with Crippen LogP contribution < -0.4 is 19.1 Å². The summed E-state index contributed by atoms with van der Waals surface area (Å²) in [7, 11) is -3.43. The summed E-state index contributed by atoms with van der Waals surface area (Å²) >= 11 is 0. The minimum Gasteiger partial charge on any atom is -0.492 e. The van der Waals surface area contributed by atoms with E-state index in [-0.39, 0.29) is 6.73 Å². The van der Waals surface area contributed by atoms with Gasteiger partial charge in [-0.2, -0.15) is 0 Å². The number of ether oxygens (including phenoxy) is 2. The molecule has 0 saturated carbocycles. The molecular formula is C24H29N3O5S. The third-order valence-corrected chi connectivity index (χ3v) is 7.43. The van der Waals surface area contributed by atoms with Gasteiger partial charge >= 0.3 is 0 Å². The maximum atomic E-state index is 11.9. The fourth-order valence-corrected chi connectivity index (χ4v) is 5.36. The van der Waals surface area contributed by atoms with Crippen molar-refractivity contribution in [3.8, 4) is 11.5 Å². The monoisotopic (exact) mass is 471 g/mol. The molecule has 0 amide bonds. The molecule has 0 radical (unpaired) electrons. The predicted molar refractivity (Wildman–Crippen MR) is 128 cm³/mol. The molecule has 1 aromatic heterocycles. The molecule has 8 nitrogen and oxygen atoms in total. The van der Waals surface area contributed by atoms with E-state index in [4.69, 9.17) is 9.47 Å². The van der Waals surface area contributed by atoms with Gasteiger partial charge in [0, 0.05) is 35.8 Å². The molecule has 1 atom stereocenters. The summed E-state index contributed by atoms with van der Waals surface area (Å²) < 4.78 is 36.3. The van der Waals surface area contributed by atoms with Crippen molar-refractivity contribution in [2.75, 3.05) is 37.0 Å². The quantitative estimate of drug-likeness (QED) is 0.437. The van der Waals surface area contributed by atoms with E-state index in [1.165, 1.54) is 33.8 Å². The Morgan fingerprint density at radius 3 is 2.91 bits per heavy atom. The number of rotatable bonds is 8. The van der Waals surface area contributed by atoms with Gasteiger partial charge in [0.05, 0.1) is 18.0 Å². The number of hydrogen-bond donors (Lipinski definition) is 3. The number of sulfonamides is 1. The summed E-state index contributed by atoms with van der Waals surface area (Å²) in [5.74, 6) is 1.32. The van der Waals surface area contributed by atoms with Crippen LogP contribution in [0.5, 0.6) is 11.5 Å². The lowest BCUT2D eigenvalue weighted by atomic mass is 9.96. The number of anilines is 1. The van der Waals surface area contributed by atoms with Crippen LogP contribution in [0.15, 0.2) is 36.4 Å². The molecule has 1 aliphatic heterocycles. The molecule has 2 heterocycles. The van der Waals surface area contributed by atoms with E-state index >= 15 is 0 Å². The van der Waals surface area contributed by atoms with Crippen molar-refractivity contribution in [3.63, 3.8) is 0 Å². The lowest BCUT2D eigenvalue weighted by Gasteiger charge is -2.16. The molecule has 5 rings (SSSR count). The van der Waals surface area contributed by atoms with E-state index in [0.29, 0.717) is 36.7 Å². The average molecular weight is 472 g/mol. The van der Waals surface area contributed by atoms with Gasteiger partial charge in [0.1, 0.15) is 18.1 Å². The van der Waals surface area contributed by atoms with Crippen molar-refractivity contribution in [3.05, 3.63) is 53.2 Å². The minimum atomic E-state index is -3.43. The van der Waals surface area contributed by atoms with Crippen molar-refractivity contribution in [1.29, 1.82) is 0 Å². The second-order valence-electron chi connectivity index (χ2n) is 8.68. The Bertz CT molecular complexity index is 1270. The van der Waals surface area contributed by atoms with Crippen molar-refractivity contribution in [1.82, 2.24) is 10.3 Å². The number of aryl methyl sites for hydroxylation is 2. The minimum absolute atomic E-state index is 0.0415. The van der Waals surface area contributed by atoms with Crippen molar-refractivity contribution < 1.29 is 23.0 Å². The number of H-pyrrole nitrogens is 1. The van der Waals surface area contributed by atoms with Gasteiger partial charge in [-0.3, -0.25) is 0 Å². The largest absolute Gasteiger partial charge is 0.492 e. The van der Waals surface area contributed by atoms with Gasteiger partial charge < -0.3 is 24.9 Å². The Kier molecular flexibility index (Phi) is 5.94. The third kappa shape index (κ3) is 4.53. The Balaban J connectivity index is 1.13. The highest BCUT2D eigenvalue weighted by atomic mass is 32.2. The highest BCUT2D eigenvalue weighted by molar-refractivity contribution is 7.92. The van der Waals surface area contributed by atoms with Crippen LogP contribution in [0.2, 0.25) is 0 Å². The maximum Gasteiger partial charge on any atom is 0.235 e. The van der Waals surface area contributed by atoms with Crippen molar-refractivity contribution in [2.24, 2.45) is 0 Å². The summed E-state index contributed by atoms with van der Waals surface area (Å²) in [6.45, 7) is 1.32. The maximum absolute atomic E-state index is 11.9. The molecule has 0 saturated heterocycles. The first-order valence-corrected chi connectivity index (χ1v) is 13.1. The van der Waals surface area contributed by atoms with Crippen LogP contribution in [0.25, 0.3) is 10.9 Å². The molecule has 2 aliphatic rings. The lowest BCUT2D eigenvalue weighted by molar-refractivity contribution is 0.172. The number of aliphatic hydroxyl groups is 1. The van der Waals surface area contributed by atoms with Crippen LogP contribution in [0, 0.1) is 0 Å². The summed E-state index contributed by atoms with van der Waals surface area (Å²) in [4.78, 5) is 3.54. The number of aliphatic hydroxyl groups excluding tert-OH is 1. The van der Waals surface area contributed by atoms with Crippen LogP contribution in [0.3, 0.4) is 0 Å². The zero-order chi connectivity index (χ0) is 23.0. The van der Waals surface area contributed by atoms with Gasteiger partial charge in [-0.25, -0.2) is 12.7 Å². The van der Waals surface area contributed by atoms with Crippen LogP contribution in [-0.2, 0) is 22.9 Å². The molecule has 3 aromatic rings. The van der Waals surface area contributed by atoms with Crippen LogP contribution >= 0.6 is 0 Å². The molecule has 1 aliphatic carbocycles. The van der Waals surface area contributed by atoms with E-state index in [1.807, 2.05) is 6.07 Å². The second kappa shape index (κ2) is 8.89. The van der Waals surface area contributed by atoms with E-state index in [9.17, 15) is 13.5 Å². The number of fused-ring (bicyclic) bond motifs is 4. The van der Waals surface area contributed by atoms with Gasteiger partial charge in [-0.1, -0.05) is 6.07 Å². The van der Waals surface area contributed by atoms with E-state index in [2.05, 4.69) is 22.4 Å². The highest BCUT2D eigenvalue weighted by Crippen LogP contribution is 2.37. The Hall–Kier alpha value is -2.75. The topological polar surface area (TPSA) is 104 Å². The molecule has 1 unspecified atom stereocenters. The fourth-order valence-electron chi connectivity index (χ4n) is 4.61. The van der Waals surface area contributed by atoms with E-state index < -0.39 is 16.1 Å². The van der Waals surface area contributed by atoms with Crippen LogP contribution in [0.1, 0.15) is 35.8 Å². The van der Waals surface area contributed by atoms with E-state index in [0.717, 1.165) is 30.4 Å². The Morgan fingerprint density at radius 1 is 1.21 bits per heavy atom. The zero-order valence-electron chi connectivity index (χ0n) is 18.6.